The molecule has 0 bridgehead atoms. The van der Waals surface area contributed by atoms with E-state index in [9.17, 15) is 4.79 Å². The van der Waals surface area contributed by atoms with Crippen molar-refractivity contribution < 1.29 is 4.79 Å². The van der Waals surface area contributed by atoms with Gasteiger partial charge in [0, 0.05) is 12.1 Å². The normalized spacial score (nSPS) is 16.3. The monoisotopic (exact) mass is 246 g/mol. The van der Waals surface area contributed by atoms with Crippen molar-refractivity contribution in [2.75, 3.05) is 13.1 Å². The zero-order chi connectivity index (χ0) is 13.0. The molecule has 1 fully saturated rings. The summed E-state index contributed by atoms with van der Waals surface area (Å²) in [6.45, 7) is 3.57. The van der Waals surface area contributed by atoms with E-state index in [1.165, 1.54) is 12.8 Å². The Balaban J connectivity index is 2.00. The maximum absolute atomic E-state index is 12.2. The van der Waals surface area contributed by atoms with Crippen LogP contribution in [0.3, 0.4) is 0 Å². The van der Waals surface area contributed by atoms with Crippen LogP contribution in [0.4, 0.5) is 0 Å². The van der Waals surface area contributed by atoms with Crippen LogP contribution in [0, 0.1) is 5.41 Å². The van der Waals surface area contributed by atoms with Gasteiger partial charge in [0.2, 0.25) is 0 Å². The second-order valence-electron chi connectivity index (χ2n) is 5.23. The van der Waals surface area contributed by atoms with Gasteiger partial charge in [0.05, 0.1) is 0 Å². The molecule has 18 heavy (non-hydrogen) atoms. The molecule has 1 aromatic rings. The number of carbonyl (C=O) groups is 1. The fourth-order valence-corrected chi connectivity index (χ4v) is 2.31. The fraction of sp³-hybridized carbons (Fsp3) is 0.533. The maximum Gasteiger partial charge on any atom is 0.251 e. The van der Waals surface area contributed by atoms with Crippen molar-refractivity contribution in [1.82, 2.24) is 5.32 Å². The van der Waals surface area contributed by atoms with Gasteiger partial charge in [-0.1, -0.05) is 25.1 Å². The molecular weight excluding hydrogens is 224 g/mol. The molecule has 1 saturated carbocycles. The van der Waals surface area contributed by atoms with Gasteiger partial charge in [0.15, 0.2) is 0 Å². The van der Waals surface area contributed by atoms with Crippen LogP contribution in [0.1, 0.15) is 42.1 Å². The second-order valence-corrected chi connectivity index (χ2v) is 5.23. The first kappa shape index (κ1) is 13.1. The minimum absolute atomic E-state index is 0.0405. The lowest BCUT2D eigenvalue weighted by Gasteiger charge is -2.14. The Bertz CT molecular complexity index is 424. The molecule has 0 saturated heterocycles. The Morgan fingerprint density at radius 3 is 2.72 bits per heavy atom. The van der Waals surface area contributed by atoms with Crippen LogP contribution in [0.2, 0.25) is 0 Å². The van der Waals surface area contributed by atoms with Crippen LogP contribution in [0.5, 0.6) is 0 Å². The van der Waals surface area contributed by atoms with E-state index < -0.39 is 0 Å². The van der Waals surface area contributed by atoms with Gasteiger partial charge in [-0.25, -0.2) is 0 Å². The summed E-state index contributed by atoms with van der Waals surface area (Å²) in [5, 5.41) is 3.07. The number of nitrogens with one attached hydrogen (secondary N) is 1. The van der Waals surface area contributed by atoms with Gasteiger partial charge in [-0.3, -0.25) is 4.79 Å². The third kappa shape index (κ3) is 2.91. The third-order valence-corrected chi connectivity index (χ3v) is 4.01. The highest BCUT2D eigenvalue weighted by Gasteiger charge is 2.40. The number of hydrogen-bond donors (Lipinski definition) is 2. The summed E-state index contributed by atoms with van der Waals surface area (Å²) < 4.78 is 0. The van der Waals surface area contributed by atoms with E-state index in [-0.39, 0.29) is 5.91 Å². The van der Waals surface area contributed by atoms with Crippen LogP contribution >= 0.6 is 0 Å². The standard InChI is InChI=1S/C15H22N2O/c1-2-15(8-9-15)11-17-14(18)13-6-4-3-5-12(13)7-10-16/h3-6H,2,7-11,16H2,1H3,(H,17,18). The summed E-state index contributed by atoms with van der Waals surface area (Å²) in [5.74, 6) is 0.0405. The molecule has 0 heterocycles. The van der Waals surface area contributed by atoms with E-state index in [4.69, 9.17) is 5.73 Å². The van der Waals surface area contributed by atoms with Crippen LogP contribution in [0.15, 0.2) is 24.3 Å². The summed E-state index contributed by atoms with van der Waals surface area (Å²) >= 11 is 0. The molecule has 3 heteroatoms. The molecule has 1 aromatic carbocycles. The van der Waals surface area contributed by atoms with Crippen molar-refractivity contribution in [2.45, 2.75) is 32.6 Å². The minimum atomic E-state index is 0.0405. The Kier molecular flexibility index (Phi) is 4.02. The highest BCUT2D eigenvalue weighted by molar-refractivity contribution is 5.95. The summed E-state index contributed by atoms with van der Waals surface area (Å²) in [4.78, 5) is 12.2. The summed E-state index contributed by atoms with van der Waals surface area (Å²) in [6, 6.07) is 7.72. The SMILES string of the molecule is CCC1(CNC(=O)c2ccccc2CCN)CC1. The first-order valence-electron chi connectivity index (χ1n) is 6.77. The third-order valence-electron chi connectivity index (χ3n) is 4.01. The van der Waals surface area contributed by atoms with Crippen LogP contribution in [0.25, 0.3) is 0 Å². The van der Waals surface area contributed by atoms with Gasteiger partial charge in [-0.15, -0.1) is 0 Å². The van der Waals surface area contributed by atoms with E-state index in [0.29, 0.717) is 12.0 Å². The predicted molar refractivity (Wildman–Crippen MR) is 73.5 cm³/mol. The van der Waals surface area contributed by atoms with E-state index >= 15 is 0 Å². The van der Waals surface area contributed by atoms with Gasteiger partial charge in [0.1, 0.15) is 0 Å². The molecule has 1 aliphatic rings. The lowest BCUT2D eigenvalue weighted by molar-refractivity contribution is 0.0943. The zero-order valence-corrected chi connectivity index (χ0v) is 11.0. The molecule has 3 N–H and O–H groups in total. The number of hydrogen-bond acceptors (Lipinski definition) is 2. The Hall–Kier alpha value is -1.35. The van der Waals surface area contributed by atoms with Crippen LogP contribution < -0.4 is 11.1 Å². The molecule has 1 amide bonds. The molecule has 3 nitrogen and oxygen atoms in total. The van der Waals surface area contributed by atoms with Gasteiger partial charge in [0.25, 0.3) is 5.91 Å². The number of nitrogens with two attached hydrogens (primary N) is 1. The van der Waals surface area contributed by atoms with Crippen molar-refractivity contribution >= 4 is 5.91 Å². The summed E-state index contributed by atoms with van der Waals surface area (Å²) in [7, 11) is 0. The maximum atomic E-state index is 12.2. The molecule has 0 atom stereocenters. The van der Waals surface area contributed by atoms with E-state index in [1.54, 1.807) is 0 Å². The second kappa shape index (κ2) is 5.53. The van der Waals surface area contributed by atoms with Crippen molar-refractivity contribution in [3.63, 3.8) is 0 Å². The van der Waals surface area contributed by atoms with Crippen molar-refractivity contribution in [1.29, 1.82) is 0 Å². The molecule has 0 aliphatic heterocycles. The van der Waals surface area contributed by atoms with Gasteiger partial charge in [-0.2, -0.15) is 0 Å². The van der Waals surface area contributed by atoms with Crippen LogP contribution in [-0.2, 0) is 6.42 Å². The molecule has 0 unspecified atom stereocenters. The molecule has 0 radical (unpaired) electrons. The van der Waals surface area contributed by atoms with Crippen LogP contribution in [-0.4, -0.2) is 19.0 Å². The number of amides is 1. The molecule has 2 rings (SSSR count). The topological polar surface area (TPSA) is 55.1 Å². The number of carbonyl (C=O) groups excluding carboxylic acids is 1. The average molecular weight is 246 g/mol. The fourth-order valence-electron chi connectivity index (χ4n) is 2.31. The largest absolute Gasteiger partial charge is 0.351 e. The summed E-state index contributed by atoms with van der Waals surface area (Å²) in [5.41, 5.74) is 7.77. The first-order valence-corrected chi connectivity index (χ1v) is 6.77. The number of benzene rings is 1. The van der Waals surface area contributed by atoms with Gasteiger partial charge < -0.3 is 11.1 Å². The molecular formula is C15H22N2O. The van der Waals surface area contributed by atoms with E-state index in [2.05, 4.69) is 12.2 Å². The van der Waals surface area contributed by atoms with Crippen molar-refractivity contribution in [2.24, 2.45) is 11.1 Å². The highest BCUT2D eigenvalue weighted by Crippen LogP contribution is 2.47. The Morgan fingerprint density at radius 1 is 1.39 bits per heavy atom. The summed E-state index contributed by atoms with van der Waals surface area (Å²) in [6.07, 6.45) is 4.39. The lowest BCUT2D eigenvalue weighted by Crippen LogP contribution is -2.30. The van der Waals surface area contributed by atoms with Gasteiger partial charge in [-0.05, 0) is 49.3 Å². The van der Waals surface area contributed by atoms with E-state index in [0.717, 1.165) is 30.5 Å². The van der Waals surface area contributed by atoms with Crippen molar-refractivity contribution in [3.05, 3.63) is 35.4 Å². The highest BCUT2D eigenvalue weighted by atomic mass is 16.1. The Labute approximate surface area is 109 Å². The number of rotatable bonds is 6. The molecule has 1 aliphatic carbocycles. The average Bonchev–Trinajstić information content (AvgIpc) is 3.18. The molecule has 0 spiro atoms. The van der Waals surface area contributed by atoms with Crippen molar-refractivity contribution in [3.8, 4) is 0 Å². The minimum Gasteiger partial charge on any atom is -0.351 e. The zero-order valence-electron chi connectivity index (χ0n) is 11.0. The van der Waals surface area contributed by atoms with Gasteiger partial charge >= 0.3 is 0 Å². The molecule has 98 valence electrons. The Morgan fingerprint density at radius 2 is 2.11 bits per heavy atom. The lowest BCUT2D eigenvalue weighted by atomic mass is 10.0. The quantitative estimate of drug-likeness (QED) is 0.807. The molecule has 0 aromatic heterocycles. The van der Waals surface area contributed by atoms with E-state index in [1.807, 2.05) is 24.3 Å². The smallest absolute Gasteiger partial charge is 0.251 e. The predicted octanol–water partition coefficient (Wildman–Crippen LogP) is 2.11. The first-order chi connectivity index (χ1) is 8.71.